The third kappa shape index (κ3) is 4.96. The minimum absolute atomic E-state index is 0.279. The first-order chi connectivity index (χ1) is 7.17. The third-order valence-electron chi connectivity index (χ3n) is 3.26. The molecule has 15 heavy (non-hydrogen) atoms. The van der Waals surface area contributed by atoms with E-state index in [2.05, 4.69) is 24.1 Å². The molecule has 0 aliphatic heterocycles. The Bertz CT molecular complexity index is 169. The van der Waals surface area contributed by atoms with Gasteiger partial charge in [-0.1, -0.05) is 0 Å². The minimum atomic E-state index is 0.279. The highest BCUT2D eigenvalue weighted by molar-refractivity contribution is 4.81. The number of hydrogen-bond donors (Lipinski definition) is 2. The highest BCUT2D eigenvalue weighted by atomic mass is 16.3. The standard InChI is InChI=1S/C12H26N2O/c1-10(2)14(8-11-4-5-11)9-12(13-3)6-7-15/h10-13,15H,4-9H2,1-3H3. The summed E-state index contributed by atoms with van der Waals surface area (Å²) in [4.78, 5) is 2.54. The molecule has 3 heteroatoms. The Balaban J connectivity index is 2.33. The van der Waals surface area contributed by atoms with Gasteiger partial charge in [0.05, 0.1) is 0 Å². The molecule has 1 aliphatic rings. The molecule has 0 radical (unpaired) electrons. The lowest BCUT2D eigenvalue weighted by molar-refractivity contribution is 0.175. The van der Waals surface area contributed by atoms with Gasteiger partial charge in [-0.2, -0.15) is 0 Å². The molecule has 1 unspecified atom stereocenters. The maximum atomic E-state index is 8.95. The van der Waals surface area contributed by atoms with Crippen LogP contribution in [0, 0.1) is 5.92 Å². The molecule has 0 spiro atoms. The van der Waals surface area contributed by atoms with Crippen LogP contribution >= 0.6 is 0 Å². The van der Waals surface area contributed by atoms with Crippen LogP contribution in [0.1, 0.15) is 33.1 Å². The second-order valence-corrected chi connectivity index (χ2v) is 4.99. The number of aliphatic hydroxyl groups excluding tert-OH is 1. The Morgan fingerprint density at radius 1 is 1.40 bits per heavy atom. The summed E-state index contributed by atoms with van der Waals surface area (Å²) in [6.07, 6.45) is 3.67. The van der Waals surface area contributed by atoms with Gasteiger partial charge in [0.2, 0.25) is 0 Å². The molecule has 1 rings (SSSR count). The molecular formula is C12H26N2O. The van der Waals surface area contributed by atoms with Crippen LogP contribution in [0.15, 0.2) is 0 Å². The van der Waals surface area contributed by atoms with Gasteiger partial charge in [0.15, 0.2) is 0 Å². The van der Waals surface area contributed by atoms with Crippen molar-refractivity contribution >= 4 is 0 Å². The van der Waals surface area contributed by atoms with E-state index >= 15 is 0 Å². The van der Waals surface area contributed by atoms with Crippen molar-refractivity contribution in [3.8, 4) is 0 Å². The van der Waals surface area contributed by atoms with Crippen molar-refractivity contribution in [2.75, 3.05) is 26.7 Å². The average molecular weight is 214 g/mol. The second-order valence-electron chi connectivity index (χ2n) is 4.99. The monoisotopic (exact) mass is 214 g/mol. The van der Waals surface area contributed by atoms with Gasteiger partial charge in [-0.15, -0.1) is 0 Å². The molecule has 0 aromatic heterocycles. The van der Waals surface area contributed by atoms with Crippen molar-refractivity contribution in [3.05, 3.63) is 0 Å². The molecule has 0 aromatic carbocycles. The molecule has 1 saturated carbocycles. The second kappa shape index (κ2) is 6.46. The van der Waals surface area contributed by atoms with Crippen LogP contribution < -0.4 is 5.32 Å². The van der Waals surface area contributed by atoms with Crippen molar-refractivity contribution in [1.29, 1.82) is 0 Å². The van der Waals surface area contributed by atoms with Crippen LogP contribution in [0.25, 0.3) is 0 Å². The topological polar surface area (TPSA) is 35.5 Å². The lowest BCUT2D eigenvalue weighted by atomic mass is 10.1. The molecule has 0 heterocycles. The molecule has 1 aliphatic carbocycles. The van der Waals surface area contributed by atoms with E-state index in [0.29, 0.717) is 12.1 Å². The third-order valence-corrected chi connectivity index (χ3v) is 3.26. The van der Waals surface area contributed by atoms with Gasteiger partial charge in [-0.05, 0) is 46.1 Å². The fourth-order valence-electron chi connectivity index (χ4n) is 1.89. The molecule has 2 N–H and O–H groups in total. The van der Waals surface area contributed by atoms with Crippen LogP contribution in [0.4, 0.5) is 0 Å². The van der Waals surface area contributed by atoms with Crippen molar-refractivity contribution in [1.82, 2.24) is 10.2 Å². The van der Waals surface area contributed by atoms with E-state index in [1.165, 1.54) is 19.4 Å². The Morgan fingerprint density at radius 3 is 2.47 bits per heavy atom. The number of aliphatic hydroxyl groups is 1. The Kier molecular flexibility index (Phi) is 5.58. The molecule has 90 valence electrons. The normalized spacial score (nSPS) is 18.8. The summed E-state index contributed by atoms with van der Waals surface area (Å²) >= 11 is 0. The lowest BCUT2D eigenvalue weighted by Crippen LogP contribution is -2.44. The molecule has 0 amide bonds. The van der Waals surface area contributed by atoms with Crippen LogP contribution in [0.2, 0.25) is 0 Å². The van der Waals surface area contributed by atoms with E-state index in [4.69, 9.17) is 5.11 Å². The van der Waals surface area contributed by atoms with Crippen LogP contribution in [0.3, 0.4) is 0 Å². The Hall–Kier alpha value is -0.120. The maximum Gasteiger partial charge on any atom is 0.0446 e. The molecule has 1 atom stereocenters. The highest BCUT2D eigenvalue weighted by Crippen LogP contribution is 2.30. The first kappa shape index (κ1) is 12.9. The minimum Gasteiger partial charge on any atom is -0.396 e. The van der Waals surface area contributed by atoms with E-state index < -0.39 is 0 Å². The van der Waals surface area contributed by atoms with Crippen molar-refractivity contribution in [3.63, 3.8) is 0 Å². The fourth-order valence-corrected chi connectivity index (χ4v) is 1.89. The molecule has 0 bridgehead atoms. The summed E-state index contributed by atoms with van der Waals surface area (Å²) in [5.41, 5.74) is 0. The van der Waals surface area contributed by atoms with E-state index in [1.54, 1.807) is 0 Å². The molecule has 3 nitrogen and oxygen atoms in total. The van der Waals surface area contributed by atoms with Gasteiger partial charge in [-0.25, -0.2) is 0 Å². The Morgan fingerprint density at radius 2 is 2.07 bits per heavy atom. The number of hydrogen-bond acceptors (Lipinski definition) is 3. The van der Waals surface area contributed by atoms with Gasteiger partial charge in [-0.3, -0.25) is 4.90 Å². The van der Waals surface area contributed by atoms with Crippen molar-refractivity contribution in [2.24, 2.45) is 5.92 Å². The van der Waals surface area contributed by atoms with E-state index in [1.807, 2.05) is 7.05 Å². The average Bonchev–Trinajstić information content (AvgIpc) is 2.99. The van der Waals surface area contributed by atoms with Crippen LogP contribution in [-0.2, 0) is 0 Å². The number of likely N-dealkylation sites (N-methyl/N-ethyl adjacent to an activating group) is 1. The Labute approximate surface area is 93.9 Å². The van der Waals surface area contributed by atoms with E-state index in [-0.39, 0.29) is 6.61 Å². The highest BCUT2D eigenvalue weighted by Gasteiger charge is 2.26. The summed E-state index contributed by atoms with van der Waals surface area (Å²) in [6.45, 7) is 7.09. The van der Waals surface area contributed by atoms with Gasteiger partial charge < -0.3 is 10.4 Å². The summed E-state index contributed by atoms with van der Waals surface area (Å²) in [7, 11) is 1.98. The zero-order valence-corrected chi connectivity index (χ0v) is 10.4. The molecule has 0 aromatic rings. The molecular weight excluding hydrogens is 188 g/mol. The van der Waals surface area contributed by atoms with Crippen LogP contribution in [-0.4, -0.2) is 48.8 Å². The smallest absolute Gasteiger partial charge is 0.0446 e. The summed E-state index contributed by atoms with van der Waals surface area (Å²) < 4.78 is 0. The van der Waals surface area contributed by atoms with Gasteiger partial charge in [0.1, 0.15) is 0 Å². The van der Waals surface area contributed by atoms with Crippen LogP contribution in [0.5, 0.6) is 0 Å². The quantitative estimate of drug-likeness (QED) is 0.634. The lowest BCUT2D eigenvalue weighted by Gasteiger charge is -2.30. The number of rotatable bonds is 8. The summed E-state index contributed by atoms with van der Waals surface area (Å²) in [6, 6.07) is 1.04. The predicted molar refractivity (Wildman–Crippen MR) is 64.0 cm³/mol. The predicted octanol–water partition coefficient (Wildman–Crippen LogP) is 1.08. The largest absolute Gasteiger partial charge is 0.396 e. The molecule has 1 fully saturated rings. The SMILES string of the molecule is CNC(CCO)CN(CC1CC1)C(C)C. The van der Waals surface area contributed by atoms with Gasteiger partial charge in [0.25, 0.3) is 0 Å². The zero-order valence-electron chi connectivity index (χ0n) is 10.4. The first-order valence-electron chi connectivity index (χ1n) is 6.19. The number of nitrogens with zero attached hydrogens (tertiary/aromatic N) is 1. The zero-order chi connectivity index (χ0) is 11.3. The van der Waals surface area contributed by atoms with Gasteiger partial charge >= 0.3 is 0 Å². The molecule has 0 saturated heterocycles. The summed E-state index contributed by atoms with van der Waals surface area (Å²) in [5, 5.41) is 12.2. The van der Waals surface area contributed by atoms with Crippen molar-refractivity contribution in [2.45, 2.75) is 45.2 Å². The van der Waals surface area contributed by atoms with Crippen molar-refractivity contribution < 1.29 is 5.11 Å². The van der Waals surface area contributed by atoms with E-state index in [0.717, 1.165) is 18.9 Å². The fraction of sp³-hybridized carbons (Fsp3) is 1.00. The summed E-state index contributed by atoms with van der Waals surface area (Å²) in [5.74, 6) is 0.944. The maximum absolute atomic E-state index is 8.95. The van der Waals surface area contributed by atoms with Gasteiger partial charge in [0, 0.05) is 31.8 Å². The first-order valence-corrected chi connectivity index (χ1v) is 6.19. The van der Waals surface area contributed by atoms with E-state index in [9.17, 15) is 0 Å². The number of nitrogens with one attached hydrogen (secondary N) is 1.